The van der Waals surface area contributed by atoms with Crippen LogP contribution in [0.25, 0.3) is 0 Å². The molecule has 26 heavy (non-hydrogen) atoms. The Morgan fingerprint density at radius 2 is 2.19 bits per heavy atom. The molecule has 0 saturated carbocycles. The van der Waals surface area contributed by atoms with Gasteiger partial charge in [0.25, 0.3) is 0 Å². The largest absolute Gasteiger partial charge is 0.466 e. The smallest absolute Gasteiger partial charge is 0.246 e. The number of guanidine groups is 1. The van der Waals surface area contributed by atoms with Crippen LogP contribution in [-0.2, 0) is 18.4 Å². The number of piperazine rings is 1. The highest BCUT2D eigenvalue weighted by molar-refractivity contribution is 5.98. The van der Waals surface area contributed by atoms with E-state index in [-0.39, 0.29) is 5.91 Å². The van der Waals surface area contributed by atoms with E-state index in [1.807, 2.05) is 45.0 Å². The quantitative estimate of drug-likeness (QED) is 0.661. The van der Waals surface area contributed by atoms with Crippen LogP contribution in [-0.4, -0.2) is 52.7 Å². The summed E-state index contributed by atoms with van der Waals surface area (Å²) in [7, 11) is 1.85. The van der Waals surface area contributed by atoms with Crippen molar-refractivity contribution in [2.75, 3.05) is 31.1 Å². The summed E-state index contributed by atoms with van der Waals surface area (Å²) in [4.78, 5) is 21.1. The lowest BCUT2D eigenvalue weighted by atomic mass is 10.2. The third-order valence-electron chi connectivity index (χ3n) is 4.40. The Hall–Kier alpha value is -2.77. The third kappa shape index (κ3) is 3.89. The molecule has 0 aromatic carbocycles. The number of anilines is 1. The fourth-order valence-corrected chi connectivity index (χ4v) is 3.10. The van der Waals surface area contributed by atoms with Gasteiger partial charge in [-0.05, 0) is 26.8 Å². The number of nitrogens with one attached hydrogen (secondary N) is 1. The second kappa shape index (κ2) is 7.63. The summed E-state index contributed by atoms with van der Waals surface area (Å²) in [6.45, 7) is 8.81. The molecule has 0 atom stereocenters. The average Bonchev–Trinajstić information content (AvgIpc) is 3.16. The summed E-state index contributed by atoms with van der Waals surface area (Å²) in [6, 6.07) is 2.01. The van der Waals surface area contributed by atoms with E-state index in [9.17, 15) is 4.79 Å². The highest BCUT2D eigenvalue weighted by Gasteiger charge is 2.27. The van der Waals surface area contributed by atoms with Crippen LogP contribution in [0.4, 0.5) is 5.69 Å². The van der Waals surface area contributed by atoms with Crippen LogP contribution in [0, 0.1) is 13.8 Å². The molecule has 0 unspecified atom stereocenters. The number of aliphatic imine (C=N–C) groups is 1. The normalized spacial score (nSPS) is 15.7. The van der Waals surface area contributed by atoms with Gasteiger partial charge in [-0.3, -0.25) is 9.48 Å². The monoisotopic (exact) mass is 358 g/mol. The summed E-state index contributed by atoms with van der Waals surface area (Å²) >= 11 is 0. The summed E-state index contributed by atoms with van der Waals surface area (Å²) in [5.41, 5.74) is 1.90. The number of hydrogen-bond donors (Lipinski definition) is 1. The maximum atomic E-state index is 12.6. The fourth-order valence-electron chi connectivity index (χ4n) is 3.10. The van der Waals surface area contributed by atoms with Gasteiger partial charge in [0.15, 0.2) is 5.96 Å². The number of carbonyl (C=O) groups excluding carboxylic acids is 1. The SMILES string of the molecule is CCNC(=NCc1cc(C)oc1C)N1CCN(c2cnn(C)c2)C(=O)C1. The van der Waals surface area contributed by atoms with Gasteiger partial charge in [-0.25, -0.2) is 4.99 Å². The molecule has 0 spiro atoms. The fraction of sp³-hybridized carbons (Fsp3) is 0.500. The lowest BCUT2D eigenvalue weighted by molar-refractivity contribution is -0.120. The van der Waals surface area contributed by atoms with E-state index in [1.54, 1.807) is 15.8 Å². The predicted octanol–water partition coefficient (Wildman–Crippen LogP) is 1.44. The van der Waals surface area contributed by atoms with E-state index in [1.165, 1.54) is 0 Å². The highest BCUT2D eigenvalue weighted by Crippen LogP contribution is 2.17. The molecule has 8 heteroatoms. The Morgan fingerprint density at radius 3 is 2.77 bits per heavy atom. The lowest BCUT2D eigenvalue weighted by Crippen LogP contribution is -2.55. The summed E-state index contributed by atoms with van der Waals surface area (Å²) in [5.74, 6) is 2.58. The zero-order valence-electron chi connectivity index (χ0n) is 15.8. The first-order valence-corrected chi connectivity index (χ1v) is 8.86. The first-order valence-electron chi connectivity index (χ1n) is 8.86. The molecule has 1 amide bonds. The second-order valence-corrected chi connectivity index (χ2v) is 6.45. The van der Waals surface area contributed by atoms with Crippen molar-refractivity contribution >= 4 is 17.6 Å². The molecular formula is C18H26N6O2. The van der Waals surface area contributed by atoms with Crippen LogP contribution in [0.3, 0.4) is 0 Å². The molecule has 0 radical (unpaired) electrons. The lowest BCUT2D eigenvalue weighted by Gasteiger charge is -2.35. The number of hydrogen-bond acceptors (Lipinski definition) is 4. The van der Waals surface area contributed by atoms with Gasteiger partial charge in [0.2, 0.25) is 5.91 Å². The van der Waals surface area contributed by atoms with E-state index in [4.69, 9.17) is 9.41 Å². The van der Waals surface area contributed by atoms with Gasteiger partial charge < -0.3 is 19.5 Å². The molecule has 2 aromatic heterocycles. The van der Waals surface area contributed by atoms with Crippen LogP contribution in [0.5, 0.6) is 0 Å². The molecule has 1 aliphatic rings. The van der Waals surface area contributed by atoms with Gasteiger partial charge in [0.1, 0.15) is 18.1 Å². The Labute approximate surface area is 153 Å². The number of carbonyl (C=O) groups is 1. The molecule has 2 aromatic rings. The number of rotatable bonds is 4. The number of furan rings is 1. The van der Waals surface area contributed by atoms with Crippen molar-refractivity contribution in [2.24, 2.45) is 12.0 Å². The number of aromatic nitrogens is 2. The molecule has 1 N–H and O–H groups in total. The van der Waals surface area contributed by atoms with Crippen molar-refractivity contribution in [3.8, 4) is 0 Å². The zero-order valence-corrected chi connectivity index (χ0v) is 15.8. The average molecular weight is 358 g/mol. The van der Waals surface area contributed by atoms with Crippen molar-refractivity contribution in [1.29, 1.82) is 0 Å². The molecule has 3 rings (SSSR count). The highest BCUT2D eigenvalue weighted by atomic mass is 16.3. The maximum absolute atomic E-state index is 12.6. The third-order valence-corrected chi connectivity index (χ3v) is 4.40. The minimum absolute atomic E-state index is 0.0465. The molecule has 3 heterocycles. The van der Waals surface area contributed by atoms with E-state index in [2.05, 4.69) is 10.4 Å². The van der Waals surface area contributed by atoms with Crippen LogP contribution in [0.1, 0.15) is 24.0 Å². The summed E-state index contributed by atoms with van der Waals surface area (Å²) in [6.07, 6.45) is 3.58. The molecule has 0 aliphatic carbocycles. The van der Waals surface area contributed by atoms with E-state index in [0.717, 1.165) is 41.8 Å². The van der Waals surface area contributed by atoms with E-state index < -0.39 is 0 Å². The first kappa shape index (κ1) is 18.0. The summed E-state index contributed by atoms with van der Waals surface area (Å²) in [5, 5.41) is 7.43. The van der Waals surface area contributed by atoms with Gasteiger partial charge in [-0.1, -0.05) is 0 Å². The maximum Gasteiger partial charge on any atom is 0.246 e. The summed E-state index contributed by atoms with van der Waals surface area (Å²) < 4.78 is 7.27. The van der Waals surface area contributed by atoms with Gasteiger partial charge in [-0.15, -0.1) is 0 Å². The van der Waals surface area contributed by atoms with Crippen molar-refractivity contribution in [3.63, 3.8) is 0 Å². The minimum Gasteiger partial charge on any atom is -0.466 e. The number of amides is 1. The zero-order chi connectivity index (χ0) is 18.7. The van der Waals surface area contributed by atoms with Crippen molar-refractivity contribution < 1.29 is 9.21 Å². The minimum atomic E-state index is 0.0465. The van der Waals surface area contributed by atoms with Crippen LogP contribution in [0.2, 0.25) is 0 Å². The van der Waals surface area contributed by atoms with Gasteiger partial charge in [0.05, 0.1) is 18.4 Å². The van der Waals surface area contributed by atoms with Crippen LogP contribution < -0.4 is 10.2 Å². The van der Waals surface area contributed by atoms with E-state index >= 15 is 0 Å². The van der Waals surface area contributed by atoms with Gasteiger partial charge >= 0.3 is 0 Å². The number of aryl methyl sites for hydroxylation is 3. The Morgan fingerprint density at radius 1 is 1.38 bits per heavy atom. The topological polar surface area (TPSA) is 78.9 Å². The molecule has 0 bridgehead atoms. The molecule has 140 valence electrons. The van der Waals surface area contributed by atoms with Crippen molar-refractivity contribution in [3.05, 3.63) is 35.5 Å². The molecule has 1 fully saturated rings. The van der Waals surface area contributed by atoms with Crippen molar-refractivity contribution in [2.45, 2.75) is 27.3 Å². The van der Waals surface area contributed by atoms with Crippen LogP contribution >= 0.6 is 0 Å². The van der Waals surface area contributed by atoms with Crippen molar-refractivity contribution in [1.82, 2.24) is 20.0 Å². The molecule has 1 aliphatic heterocycles. The Kier molecular flexibility index (Phi) is 5.29. The second-order valence-electron chi connectivity index (χ2n) is 6.45. The predicted molar refractivity (Wildman–Crippen MR) is 100 cm³/mol. The molecule has 8 nitrogen and oxygen atoms in total. The Bertz CT molecular complexity index is 806. The van der Waals surface area contributed by atoms with Gasteiger partial charge in [-0.2, -0.15) is 5.10 Å². The Balaban J connectivity index is 1.70. The molecule has 1 saturated heterocycles. The van der Waals surface area contributed by atoms with E-state index in [0.29, 0.717) is 19.6 Å². The standard InChI is InChI=1S/C18H26N6O2/c1-5-19-18(20-9-15-8-13(2)26-14(15)3)23-6-7-24(17(25)12-23)16-10-21-22(4)11-16/h8,10-11H,5-7,9,12H2,1-4H3,(H,19,20). The van der Waals surface area contributed by atoms with Gasteiger partial charge in [0, 0.05) is 38.4 Å². The first-order chi connectivity index (χ1) is 12.5. The van der Waals surface area contributed by atoms with Crippen LogP contribution in [0.15, 0.2) is 27.9 Å². The number of nitrogens with zero attached hydrogens (tertiary/aromatic N) is 5. The molecular weight excluding hydrogens is 332 g/mol.